The first kappa shape index (κ1) is 20.6. The second kappa shape index (κ2) is 10.4. The molecule has 1 aromatic rings. The van der Waals surface area contributed by atoms with Crippen LogP contribution < -0.4 is 4.74 Å². The Hall–Kier alpha value is -1.73. The normalized spacial score (nSPS) is 16.7. The van der Waals surface area contributed by atoms with Crippen molar-refractivity contribution in [3.8, 4) is 5.75 Å². The molecular formula is C19H28N2O4S. The van der Waals surface area contributed by atoms with E-state index >= 15 is 0 Å². The van der Waals surface area contributed by atoms with Crippen LogP contribution in [0.5, 0.6) is 5.75 Å². The van der Waals surface area contributed by atoms with Gasteiger partial charge in [0.05, 0.1) is 25.5 Å². The van der Waals surface area contributed by atoms with Gasteiger partial charge in [-0.05, 0) is 44.5 Å². The van der Waals surface area contributed by atoms with Crippen molar-refractivity contribution >= 4 is 23.6 Å². The Balaban J connectivity index is 1.85. The number of amides is 1. The molecule has 1 amide bonds. The Morgan fingerprint density at radius 1 is 1.15 bits per heavy atom. The third-order valence-electron chi connectivity index (χ3n) is 4.28. The zero-order valence-corrected chi connectivity index (χ0v) is 16.6. The van der Waals surface area contributed by atoms with Crippen molar-refractivity contribution in [3.63, 3.8) is 0 Å². The maximum absolute atomic E-state index is 12.8. The third-order valence-corrected chi connectivity index (χ3v) is 5.38. The lowest BCUT2D eigenvalue weighted by molar-refractivity contribution is -0.144. The fourth-order valence-corrected chi connectivity index (χ4v) is 3.86. The zero-order chi connectivity index (χ0) is 18.9. The van der Waals surface area contributed by atoms with Crippen molar-refractivity contribution in [1.29, 1.82) is 0 Å². The van der Waals surface area contributed by atoms with Crippen LogP contribution in [0.3, 0.4) is 0 Å². The van der Waals surface area contributed by atoms with E-state index in [0.717, 1.165) is 30.2 Å². The molecule has 0 N–H and O–H groups in total. The predicted molar refractivity (Wildman–Crippen MR) is 103 cm³/mol. The highest BCUT2D eigenvalue weighted by Crippen LogP contribution is 2.26. The molecule has 1 atom stereocenters. The number of thioether (sulfide) groups is 1. The van der Waals surface area contributed by atoms with Crippen LogP contribution in [0.15, 0.2) is 29.2 Å². The molecule has 0 radical (unpaired) electrons. The highest BCUT2D eigenvalue weighted by atomic mass is 32.2. The molecule has 0 bridgehead atoms. The molecule has 6 nitrogen and oxygen atoms in total. The summed E-state index contributed by atoms with van der Waals surface area (Å²) in [5.74, 6) is 0.752. The summed E-state index contributed by atoms with van der Waals surface area (Å²) in [4.78, 5) is 29.4. The van der Waals surface area contributed by atoms with E-state index in [1.54, 1.807) is 18.9 Å². The predicted octanol–water partition coefficient (Wildman–Crippen LogP) is 2.27. The van der Waals surface area contributed by atoms with Gasteiger partial charge in [0, 0.05) is 31.1 Å². The number of carbonyl (C=O) groups excluding carboxylic acids is 2. The van der Waals surface area contributed by atoms with E-state index in [1.165, 1.54) is 0 Å². The lowest BCUT2D eigenvalue weighted by Crippen LogP contribution is -2.40. The average molecular weight is 381 g/mol. The van der Waals surface area contributed by atoms with Crippen molar-refractivity contribution in [2.45, 2.75) is 30.4 Å². The van der Waals surface area contributed by atoms with E-state index in [9.17, 15) is 9.59 Å². The Morgan fingerprint density at radius 3 is 2.54 bits per heavy atom. The van der Waals surface area contributed by atoms with Crippen LogP contribution in [-0.2, 0) is 14.3 Å². The van der Waals surface area contributed by atoms with Gasteiger partial charge in [-0.15, -0.1) is 11.8 Å². The van der Waals surface area contributed by atoms with E-state index in [4.69, 9.17) is 9.47 Å². The van der Waals surface area contributed by atoms with E-state index in [1.807, 2.05) is 43.0 Å². The number of rotatable bonds is 7. The Morgan fingerprint density at radius 2 is 1.88 bits per heavy atom. The van der Waals surface area contributed by atoms with Crippen molar-refractivity contribution in [2.75, 3.05) is 46.4 Å². The number of ether oxygens (including phenoxy) is 2. The van der Waals surface area contributed by atoms with Crippen LogP contribution in [0.1, 0.15) is 20.3 Å². The van der Waals surface area contributed by atoms with Gasteiger partial charge in [0.25, 0.3) is 0 Å². The molecule has 0 aromatic heterocycles. The quantitative estimate of drug-likeness (QED) is 0.534. The molecule has 1 aromatic carbocycles. The van der Waals surface area contributed by atoms with E-state index in [0.29, 0.717) is 26.2 Å². The molecule has 1 aliphatic heterocycles. The Bertz CT molecular complexity index is 594. The van der Waals surface area contributed by atoms with Crippen LogP contribution in [-0.4, -0.2) is 73.4 Å². The first-order chi connectivity index (χ1) is 12.5. The number of esters is 1. The van der Waals surface area contributed by atoms with Gasteiger partial charge >= 0.3 is 5.97 Å². The van der Waals surface area contributed by atoms with Crippen molar-refractivity contribution in [1.82, 2.24) is 9.80 Å². The molecule has 0 saturated carbocycles. The number of hydrogen-bond donors (Lipinski definition) is 0. The van der Waals surface area contributed by atoms with Crippen molar-refractivity contribution in [3.05, 3.63) is 24.3 Å². The summed E-state index contributed by atoms with van der Waals surface area (Å²) < 4.78 is 10.2. The van der Waals surface area contributed by atoms with Crippen molar-refractivity contribution in [2.24, 2.45) is 0 Å². The second-order valence-corrected chi connectivity index (χ2v) is 7.61. The maximum Gasteiger partial charge on any atom is 0.320 e. The molecule has 1 unspecified atom stereocenters. The van der Waals surface area contributed by atoms with E-state index < -0.39 is 0 Å². The minimum absolute atomic E-state index is 0.142. The van der Waals surface area contributed by atoms with Crippen molar-refractivity contribution < 1.29 is 19.1 Å². The molecule has 1 saturated heterocycles. The van der Waals surface area contributed by atoms with E-state index in [-0.39, 0.29) is 17.1 Å². The molecule has 0 spiro atoms. The number of hydrogen-bond acceptors (Lipinski definition) is 6. The summed E-state index contributed by atoms with van der Waals surface area (Å²) in [6.45, 7) is 7.33. The number of benzene rings is 1. The molecule has 1 aliphatic rings. The number of carbonyl (C=O) groups is 2. The Kier molecular flexibility index (Phi) is 8.25. The highest BCUT2D eigenvalue weighted by molar-refractivity contribution is 8.00. The first-order valence-corrected chi connectivity index (χ1v) is 9.89. The van der Waals surface area contributed by atoms with Crippen LogP contribution in [0, 0.1) is 0 Å². The van der Waals surface area contributed by atoms with Gasteiger partial charge < -0.3 is 14.4 Å². The average Bonchev–Trinajstić information content (AvgIpc) is 2.87. The SMILES string of the molecule is CCOC(=O)CN1CCCN(C(=O)C(C)Sc2ccc(OC)cc2)CC1. The summed E-state index contributed by atoms with van der Waals surface area (Å²) >= 11 is 1.55. The molecule has 7 heteroatoms. The van der Waals surface area contributed by atoms with Gasteiger partial charge in [-0.2, -0.15) is 0 Å². The summed E-state index contributed by atoms with van der Waals surface area (Å²) in [5, 5.41) is -0.153. The summed E-state index contributed by atoms with van der Waals surface area (Å²) in [5.41, 5.74) is 0. The molecule has 26 heavy (non-hydrogen) atoms. The standard InChI is InChI=1S/C19H28N2O4S/c1-4-25-18(22)14-20-10-5-11-21(13-12-20)19(23)15(2)26-17-8-6-16(24-3)7-9-17/h6-9,15H,4-5,10-14H2,1-3H3. The minimum atomic E-state index is -0.198. The van der Waals surface area contributed by atoms with Gasteiger partial charge in [0.15, 0.2) is 0 Å². The topological polar surface area (TPSA) is 59.1 Å². The Labute approximate surface area is 159 Å². The molecule has 2 rings (SSSR count). The highest BCUT2D eigenvalue weighted by Gasteiger charge is 2.24. The molecule has 0 aliphatic carbocycles. The van der Waals surface area contributed by atoms with Crippen LogP contribution in [0.25, 0.3) is 0 Å². The molecule has 144 valence electrons. The lowest BCUT2D eigenvalue weighted by Gasteiger charge is -2.24. The van der Waals surface area contributed by atoms with E-state index in [2.05, 4.69) is 4.90 Å². The fourth-order valence-electron chi connectivity index (χ4n) is 2.90. The first-order valence-electron chi connectivity index (χ1n) is 9.01. The zero-order valence-electron chi connectivity index (χ0n) is 15.8. The van der Waals surface area contributed by atoms with Gasteiger partial charge in [-0.1, -0.05) is 0 Å². The van der Waals surface area contributed by atoms with Gasteiger partial charge in [-0.25, -0.2) is 0 Å². The number of nitrogens with zero attached hydrogens (tertiary/aromatic N) is 2. The van der Waals surface area contributed by atoms with Crippen LogP contribution in [0.4, 0.5) is 0 Å². The monoisotopic (exact) mass is 380 g/mol. The second-order valence-electron chi connectivity index (χ2n) is 6.20. The van der Waals surface area contributed by atoms with Gasteiger partial charge in [0.2, 0.25) is 5.91 Å². The minimum Gasteiger partial charge on any atom is -0.497 e. The largest absolute Gasteiger partial charge is 0.497 e. The van der Waals surface area contributed by atoms with Crippen LogP contribution in [0.2, 0.25) is 0 Å². The smallest absolute Gasteiger partial charge is 0.320 e. The van der Waals surface area contributed by atoms with Gasteiger partial charge in [-0.3, -0.25) is 14.5 Å². The summed E-state index contributed by atoms with van der Waals surface area (Å²) in [6.07, 6.45) is 0.866. The third kappa shape index (κ3) is 6.21. The molecular weight excluding hydrogens is 352 g/mol. The summed E-state index contributed by atoms with van der Waals surface area (Å²) in [7, 11) is 1.64. The number of methoxy groups -OCH3 is 1. The fraction of sp³-hybridized carbons (Fsp3) is 0.579. The maximum atomic E-state index is 12.8. The van der Waals surface area contributed by atoms with Crippen LogP contribution >= 0.6 is 11.8 Å². The molecule has 1 fully saturated rings. The summed E-state index contributed by atoms with van der Waals surface area (Å²) in [6, 6.07) is 7.74. The van der Waals surface area contributed by atoms with Gasteiger partial charge in [0.1, 0.15) is 5.75 Å². The molecule has 1 heterocycles. The lowest BCUT2D eigenvalue weighted by atomic mass is 10.3.